The summed E-state index contributed by atoms with van der Waals surface area (Å²) in [6.45, 7) is 2.24. The van der Waals surface area contributed by atoms with Crippen molar-refractivity contribution in [2.24, 2.45) is 0 Å². The molecule has 0 saturated carbocycles. The number of hydrogen-bond acceptors (Lipinski definition) is 2. The first-order valence-electron chi connectivity index (χ1n) is 5.74. The molecule has 1 aromatic carbocycles. The zero-order chi connectivity index (χ0) is 14.3. The fourth-order valence-electron chi connectivity index (χ4n) is 1.42. The topological polar surface area (TPSA) is 78.4 Å². The van der Waals surface area contributed by atoms with Crippen LogP contribution < -0.4 is 10.6 Å². The fourth-order valence-corrected chi connectivity index (χ4v) is 1.42. The van der Waals surface area contributed by atoms with Gasteiger partial charge in [0.25, 0.3) is 0 Å². The van der Waals surface area contributed by atoms with Crippen LogP contribution in [0.3, 0.4) is 0 Å². The Balaban J connectivity index is 2.71. The van der Waals surface area contributed by atoms with Gasteiger partial charge in [-0.1, -0.05) is 18.2 Å². The highest BCUT2D eigenvalue weighted by Gasteiger charge is 2.15. The third-order valence-electron chi connectivity index (χ3n) is 2.31. The van der Waals surface area contributed by atoms with Crippen LogP contribution in [0.2, 0.25) is 0 Å². The second-order valence-electron chi connectivity index (χ2n) is 3.71. The van der Waals surface area contributed by atoms with Crippen molar-refractivity contribution >= 4 is 17.7 Å². The predicted molar refractivity (Wildman–Crippen MR) is 69.8 cm³/mol. The monoisotopic (exact) mass is 266 g/mol. The molecule has 0 saturated heterocycles. The highest BCUT2D eigenvalue weighted by Crippen LogP contribution is 2.19. The van der Waals surface area contributed by atoms with Gasteiger partial charge in [-0.2, -0.15) is 0 Å². The number of para-hydroxylation sites is 1. The van der Waals surface area contributed by atoms with Gasteiger partial charge in [-0.3, -0.25) is 0 Å². The molecule has 0 atom stereocenters. The summed E-state index contributed by atoms with van der Waals surface area (Å²) in [6.07, 6.45) is 4.36. The number of carbonyl (C=O) groups is 2. The Morgan fingerprint density at radius 1 is 1.42 bits per heavy atom. The lowest BCUT2D eigenvalue weighted by atomic mass is 10.1. The van der Waals surface area contributed by atoms with E-state index in [9.17, 15) is 14.0 Å². The van der Waals surface area contributed by atoms with Crippen LogP contribution in [0.1, 0.15) is 23.7 Å². The minimum Gasteiger partial charge on any atom is -0.478 e. The van der Waals surface area contributed by atoms with Gasteiger partial charge in [0.1, 0.15) is 5.82 Å². The van der Waals surface area contributed by atoms with Gasteiger partial charge in [0, 0.05) is 6.54 Å². The number of anilines is 1. The summed E-state index contributed by atoms with van der Waals surface area (Å²) in [6, 6.07) is 2.94. The fraction of sp³-hybridized carbons (Fsp3) is 0.231. The highest BCUT2D eigenvalue weighted by molar-refractivity contribution is 6.00. The molecule has 1 rings (SSSR count). The SMILES string of the molecule is C/C=C/CCNC(=O)Nc1c(F)cccc1C(=O)O. The van der Waals surface area contributed by atoms with E-state index in [1.54, 1.807) is 0 Å². The van der Waals surface area contributed by atoms with Crippen molar-refractivity contribution in [2.75, 3.05) is 11.9 Å². The number of nitrogens with one attached hydrogen (secondary N) is 2. The van der Waals surface area contributed by atoms with Crippen molar-refractivity contribution in [3.05, 3.63) is 41.7 Å². The largest absolute Gasteiger partial charge is 0.478 e. The van der Waals surface area contributed by atoms with E-state index in [2.05, 4.69) is 10.6 Å². The first-order chi connectivity index (χ1) is 9.06. The Labute approximate surface area is 110 Å². The number of rotatable bonds is 5. The summed E-state index contributed by atoms with van der Waals surface area (Å²) in [5.74, 6) is -2.09. The Bertz CT molecular complexity index is 501. The maximum atomic E-state index is 13.5. The molecular weight excluding hydrogens is 251 g/mol. The average molecular weight is 266 g/mol. The van der Waals surface area contributed by atoms with Crippen LogP contribution in [0.5, 0.6) is 0 Å². The van der Waals surface area contributed by atoms with E-state index in [1.165, 1.54) is 12.1 Å². The zero-order valence-corrected chi connectivity index (χ0v) is 10.4. The number of halogens is 1. The Kier molecular flexibility index (Phi) is 5.53. The van der Waals surface area contributed by atoms with Crippen LogP contribution >= 0.6 is 0 Å². The molecule has 3 N–H and O–H groups in total. The van der Waals surface area contributed by atoms with Gasteiger partial charge >= 0.3 is 12.0 Å². The van der Waals surface area contributed by atoms with E-state index in [-0.39, 0.29) is 11.3 Å². The molecule has 6 heteroatoms. The number of carboxylic acids is 1. The molecule has 0 unspecified atom stereocenters. The molecule has 0 heterocycles. The van der Waals surface area contributed by atoms with E-state index in [0.717, 1.165) is 6.07 Å². The first kappa shape index (κ1) is 14.7. The summed E-state index contributed by atoms with van der Waals surface area (Å²) in [5, 5.41) is 13.6. The van der Waals surface area contributed by atoms with E-state index in [0.29, 0.717) is 13.0 Å². The molecule has 0 radical (unpaired) electrons. The second kappa shape index (κ2) is 7.15. The molecule has 0 aliphatic rings. The van der Waals surface area contributed by atoms with Crippen molar-refractivity contribution in [3.8, 4) is 0 Å². The minimum absolute atomic E-state index is 0.288. The summed E-state index contributed by atoms with van der Waals surface area (Å²) in [4.78, 5) is 22.4. The first-order valence-corrected chi connectivity index (χ1v) is 5.74. The van der Waals surface area contributed by atoms with Gasteiger partial charge in [0.05, 0.1) is 11.3 Å². The van der Waals surface area contributed by atoms with Crippen LogP contribution in [0.4, 0.5) is 14.9 Å². The number of allylic oxidation sites excluding steroid dienone is 1. The Morgan fingerprint density at radius 3 is 2.79 bits per heavy atom. The molecule has 1 aromatic rings. The van der Waals surface area contributed by atoms with Crippen LogP contribution in [0.25, 0.3) is 0 Å². The van der Waals surface area contributed by atoms with Crippen LogP contribution in [0, 0.1) is 5.82 Å². The number of urea groups is 1. The summed E-state index contributed by atoms with van der Waals surface area (Å²) >= 11 is 0. The van der Waals surface area contributed by atoms with Crippen molar-refractivity contribution in [3.63, 3.8) is 0 Å². The molecule has 0 aliphatic heterocycles. The lowest BCUT2D eigenvalue weighted by Gasteiger charge is -2.10. The normalized spacial score (nSPS) is 10.4. The van der Waals surface area contributed by atoms with Gasteiger partial charge in [0.2, 0.25) is 0 Å². The van der Waals surface area contributed by atoms with Crippen molar-refractivity contribution in [2.45, 2.75) is 13.3 Å². The molecule has 19 heavy (non-hydrogen) atoms. The van der Waals surface area contributed by atoms with E-state index >= 15 is 0 Å². The molecule has 0 bridgehead atoms. The molecular formula is C13H15FN2O3. The number of carbonyl (C=O) groups excluding carboxylic acids is 1. The van der Waals surface area contributed by atoms with Gasteiger partial charge in [-0.05, 0) is 25.5 Å². The van der Waals surface area contributed by atoms with E-state index < -0.39 is 17.8 Å². The highest BCUT2D eigenvalue weighted by atomic mass is 19.1. The second-order valence-corrected chi connectivity index (χ2v) is 3.71. The van der Waals surface area contributed by atoms with Crippen LogP contribution in [0.15, 0.2) is 30.4 Å². The Morgan fingerprint density at radius 2 is 2.16 bits per heavy atom. The lowest BCUT2D eigenvalue weighted by molar-refractivity contribution is 0.0697. The van der Waals surface area contributed by atoms with Crippen molar-refractivity contribution < 1.29 is 19.1 Å². The van der Waals surface area contributed by atoms with Crippen molar-refractivity contribution in [1.82, 2.24) is 5.32 Å². The standard InChI is InChI=1S/C13H15FN2O3/c1-2-3-4-8-15-13(19)16-11-9(12(17)18)6-5-7-10(11)14/h2-3,5-7H,4,8H2,1H3,(H,17,18)(H2,15,16,19)/b3-2+. The van der Waals surface area contributed by atoms with Crippen LogP contribution in [-0.4, -0.2) is 23.7 Å². The molecule has 0 fully saturated rings. The third kappa shape index (κ3) is 4.42. The van der Waals surface area contributed by atoms with E-state index in [1.807, 2.05) is 19.1 Å². The smallest absolute Gasteiger partial charge is 0.337 e. The molecule has 0 spiro atoms. The minimum atomic E-state index is -1.30. The summed E-state index contributed by atoms with van der Waals surface area (Å²) in [5.41, 5.74) is -0.623. The Hall–Kier alpha value is -2.37. The molecule has 2 amide bonds. The van der Waals surface area contributed by atoms with Gasteiger partial charge in [0.15, 0.2) is 0 Å². The third-order valence-corrected chi connectivity index (χ3v) is 2.31. The number of hydrogen-bond donors (Lipinski definition) is 3. The van der Waals surface area contributed by atoms with Gasteiger partial charge in [-0.25, -0.2) is 14.0 Å². The lowest BCUT2D eigenvalue weighted by Crippen LogP contribution is -2.30. The molecule has 5 nitrogen and oxygen atoms in total. The molecule has 0 aliphatic carbocycles. The maximum Gasteiger partial charge on any atom is 0.337 e. The van der Waals surface area contributed by atoms with Crippen LogP contribution in [-0.2, 0) is 0 Å². The quantitative estimate of drug-likeness (QED) is 0.566. The number of amides is 2. The number of benzene rings is 1. The molecule has 0 aromatic heterocycles. The van der Waals surface area contributed by atoms with Gasteiger partial charge in [-0.15, -0.1) is 0 Å². The van der Waals surface area contributed by atoms with Crippen molar-refractivity contribution in [1.29, 1.82) is 0 Å². The predicted octanol–water partition coefficient (Wildman–Crippen LogP) is 2.61. The van der Waals surface area contributed by atoms with E-state index in [4.69, 9.17) is 5.11 Å². The van der Waals surface area contributed by atoms with Gasteiger partial charge < -0.3 is 15.7 Å². The zero-order valence-electron chi connectivity index (χ0n) is 10.4. The number of aromatic carboxylic acids is 1. The summed E-state index contributed by atoms with van der Waals surface area (Å²) in [7, 11) is 0. The molecule has 102 valence electrons. The summed E-state index contributed by atoms with van der Waals surface area (Å²) < 4.78 is 13.5. The average Bonchev–Trinajstić information content (AvgIpc) is 2.37. The maximum absolute atomic E-state index is 13.5. The number of carboxylic acid groups (broad SMARTS) is 1.